The highest BCUT2D eigenvalue weighted by atomic mass is 32.2. The summed E-state index contributed by atoms with van der Waals surface area (Å²) in [5.74, 6) is 0.872. The molecule has 266 valence electrons. The van der Waals surface area contributed by atoms with E-state index in [-0.39, 0.29) is 35.3 Å². The Hall–Kier alpha value is -3.90. The van der Waals surface area contributed by atoms with Crippen LogP contribution >= 0.6 is 0 Å². The molecular formula is C38H47N5O6S. The standard InChI is InChI=1S/C38H47N5O6S/c1-23(44)41-20-26-11-8-16-42(33(26)21-41)37(46)38-19-31(38)30-18-27(49-4)13-15-28(30)35-34(24-9-6-5-7-10-24)29-14-12-25(17-32(29)43(35)22-38)36(45)39-50(47,48)40(2)3/h12-15,17-18,24,26,31,33H,5-11,16,19-22H2,1-4H3,(H,39,45). The SMILES string of the molecule is COc1ccc2c(c1)C1CC1(C(=O)N1CCCC3CN(C(C)=O)CC31)Cn1c-2c(C2CCCCC2)c2ccc(C(=O)NS(=O)(=O)N(C)C)cc21. The van der Waals surface area contributed by atoms with Crippen LogP contribution in [-0.4, -0.2) is 91.7 Å². The number of carbonyl (C=O) groups excluding carboxylic acids is 3. The molecule has 4 unspecified atom stereocenters. The number of hydrogen-bond acceptors (Lipinski definition) is 6. The van der Waals surface area contributed by atoms with Crippen molar-refractivity contribution in [1.82, 2.24) is 23.4 Å². The maximum Gasteiger partial charge on any atom is 0.303 e. The number of nitrogens with zero attached hydrogens (tertiary/aromatic N) is 4. The van der Waals surface area contributed by atoms with Crippen molar-refractivity contribution in [3.63, 3.8) is 0 Å². The van der Waals surface area contributed by atoms with Crippen molar-refractivity contribution in [2.45, 2.75) is 82.7 Å². The summed E-state index contributed by atoms with van der Waals surface area (Å²) < 4.78 is 36.4. The number of aromatic nitrogens is 1. The second kappa shape index (κ2) is 12.1. The first-order valence-electron chi connectivity index (χ1n) is 18.1. The second-order valence-corrected chi connectivity index (χ2v) is 17.3. The van der Waals surface area contributed by atoms with E-state index in [4.69, 9.17) is 4.74 Å². The quantitative estimate of drug-likeness (QED) is 0.392. The Morgan fingerprint density at radius 1 is 0.980 bits per heavy atom. The van der Waals surface area contributed by atoms with Crippen LogP contribution < -0.4 is 9.46 Å². The van der Waals surface area contributed by atoms with Crippen molar-refractivity contribution in [2.24, 2.45) is 11.3 Å². The van der Waals surface area contributed by atoms with Crippen LogP contribution in [0.2, 0.25) is 0 Å². The molecule has 4 heterocycles. The van der Waals surface area contributed by atoms with Crippen LogP contribution in [0, 0.1) is 11.3 Å². The lowest BCUT2D eigenvalue weighted by Crippen LogP contribution is -2.52. The summed E-state index contributed by atoms with van der Waals surface area (Å²) >= 11 is 0. The summed E-state index contributed by atoms with van der Waals surface area (Å²) in [6, 6.07) is 11.8. The molecule has 0 spiro atoms. The van der Waals surface area contributed by atoms with E-state index in [0.717, 1.165) is 76.3 Å². The summed E-state index contributed by atoms with van der Waals surface area (Å²) in [7, 11) is 0.440. The van der Waals surface area contributed by atoms with Crippen LogP contribution in [-0.2, 0) is 26.3 Å². The summed E-state index contributed by atoms with van der Waals surface area (Å²) in [5, 5.41) is 1.05. The first-order valence-corrected chi connectivity index (χ1v) is 19.5. The fourth-order valence-corrected chi connectivity index (χ4v) is 10.2. The number of likely N-dealkylation sites (tertiary alicyclic amines) is 2. The summed E-state index contributed by atoms with van der Waals surface area (Å²) in [6.07, 6.45) is 8.28. The van der Waals surface area contributed by atoms with Crippen LogP contribution in [0.3, 0.4) is 0 Å². The Kier molecular flexibility index (Phi) is 8.06. The van der Waals surface area contributed by atoms with Gasteiger partial charge in [0.05, 0.1) is 24.3 Å². The van der Waals surface area contributed by atoms with Gasteiger partial charge in [0.25, 0.3) is 5.91 Å². The molecule has 5 aliphatic rings. The minimum atomic E-state index is -3.99. The Balaban J connectivity index is 1.30. The van der Waals surface area contributed by atoms with Gasteiger partial charge in [-0.2, -0.15) is 12.7 Å². The monoisotopic (exact) mass is 701 g/mol. The molecule has 0 bridgehead atoms. The van der Waals surface area contributed by atoms with Gasteiger partial charge in [-0.15, -0.1) is 0 Å². The molecule has 2 aliphatic carbocycles. The van der Waals surface area contributed by atoms with Gasteiger partial charge in [0.15, 0.2) is 0 Å². The van der Waals surface area contributed by atoms with E-state index < -0.39 is 21.5 Å². The minimum absolute atomic E-state index is 0.00309. The largest absolute Gasteiger partial charge is 0.497 e. The molecule has 2 saturated carbocycles. The highest BCUT2D eigenvalue weighted by Gasteiger charge is 2.65. The van der Waals surface area contributed by atoms with Gasteiger partial charge in [-0.1, -0.05) is 25.3 Å². The lowest BCUT2D eigenvalue weighted by Gasteiger charge is -2.39. The van der Waals surface area contributed by atoms with Crippen molar-refractivity contribution in [3.05, 3.63) is 53.1 Å². The molecule has 1 aromatic heterocycles. The zero-order chi connectivity index (χ0) is 35.1. The highest BCUT2D eigenvalue weighted by Crippen LogP contribution is 2.66. The van der Waals surface area contributed by atoms with E-state index in [1.54, 1.807) is 20.1 Å². The molecule has 2 saturated heterocycles. The van der Waals surface area contributed by atoms with Crippen molar-refractivity contribution in [1.29, 1.82) is 0 Å². The fourth-order valence-electron chi connectivity index (χ4n) is 9.67. The molecule has 11 nitrogen and oxygen atoms in total. The van der Waals surface area contributed by atoms with Gasteiger partial charge in [-0.05, 0) is 85.4 Å². The van der Waals surface area contributed by atoms with Gasteiger partial charge in [0, 0.05) is 75.1 Å². The van der Waals surface area contributed by atoms with Crippen LogP contribution in [0.5, 0.6) is 5.75 Å². The molecule has 50 heavy (non-hydrogen) atoms. The van der Waals surface area contributed by atoms with Crippen molar-refractivity contribution in [3.8, 4) is 17.0 Å². The molecule has 2 aromatic carbocycles. The second-order valence-electron chi connectivity index (χ2n) is 15.4. The van der Waals surface area contributed by atoms with Gasteiger partial charge in [-0.25, -0.2) is 4.72 Å². The number of piperidine rings is 1. The first-order chi connectivity index (χ1) is 23.9. The van der Waals surface area contributed by atoms with Gasteiger partial charge in [-0.3, -0.25) is 14.4 Å². The van der Waals surface area contributed by atoms with Gasteiger partial charge >= 0.3 is 10.2 Å². The predicted molar refractivity (Wildman–Crippen MR) is 190 cm³/mol. The topological polar surface area (TPSA) is 121 Å². The number of ether oxygens (including phenoxy) is 1. The molecular weight excluding hydrogens is 655 g/mol. The Morgan fingerprint density at radius 3 is 2.48 bits per heavy atom. The predicted octanol–water partition coefficient (Wildman–Crippen LogP) is 4.86. The molecule has 8 rings (SSSR count). The van der Waals surface area contributed by atoms with Crippen molar-refractivity contribution < 1.29 is 27.5 Å². The highest BCUT2D eigenvalue weighted by molar-refractivity contribution is 7.87. The molecule has 1 N–H and O–H groups in total. The van der Waals surface area contributed by atoms with Crippen LogP contribution in [0.1, 0.15) is 91.6 Å². The molecule has 3 amide bonds. The number of methoxy groups -OCH3 is 1. The van der Waals surface area contributed by atoms with E-state index in [1.807, 2.05) is 23.1 Å². The average Bonchev–Trinajstić information content (AvgIpc) is 3.55. The van der Waals surface area contributed by atoms with E-state index in [2.05, 4.69) is 26.3 Å². The Labute approximate surface area is 294 Å². The summed E-state index contributed by atoms with van der Waals surface area (Å²) in [5.41, 5.74) is 4.98. The maximum atomic E-state index is 15.1. The maximum absolute atomic E-state index is 15.1. The zero-order valence-corrected chi connectivity index (χ0v) is 30.2. The van der Waals surface area contributed by atoms with E-state index in [9.17, 15) is 18.0 Å². The fraction of sp³-hybridized carbons (Fsp3) is 0.553. The number of carbonyl (C=O) groups is 3. The first kappa shape index (κ1) is 33.3. The Bertz CT molecular complexity index is 2020. The van der Waals surface area contributed by atoms with E-state index >= 15 is 4.79 Å². The van der Waals surface area contributed by atoms with Crippen LogP contribution in [0.25, 0.3) is 22.2 Å². The van der Waals surface area contributed by atoms with E-state index in [1.165, 1.54) is 26.1 Å². The molecule has 0 radical (unpaired) electrons. The number of fused-ring (bicyclic) bond motifs is 8. The molecule has 3 aromatic rings. The van der Waals surface area contributed by atoms with Gasteiger partial charge < -0.3 is 19.1 Å². The number of rotatable bonds is 6. The van der Waals surface area contributed by atoms with Crippen molar-refractivity contribution >= 4 is 38.8 Å². The smallest absolute Gasteiger partial charge is 0.303 e. The lowest BCUT2D eigenvalue weighted by atomic mass is 9.81. The van der Waals surface area contributed by atoms with Crippen molar-refractivity contribution in [2.75, 3.05) is 40.8 Å². The van der Waals surface area contributed by atoms with Gasteiger partial charge in [0.1, 0.15) is 5.75 Å². The van der Waals surface area contributed by atoms with E-state index in [0.29, 0.717) is 38.5 Å². The third-order valence-corrected chi connectivity index (χ3v) is 13.8. The third kappa shape index (κ3) is 5.23. The normalized spacial score (nSPS) is 26.1. The molecule has 3 aliphatic heterocycles. The average molecular weight is 702 g/mol. The summed E-state index contributed by atoms with van der Waals surface area (Å²) in [6.45, 7) is 4.03. The van der Waals surface area contributed by atoms with Crippen LogP contribution in [0.15, 0.2) is 36.4 Å². The number of amides is 3. The Morgan fingerprint density at radius 2 is 1.76 bits per heavy atom. The van der Waals surface area contributed by atoms with Crippen LogP contribution in [0.4, 0.5) is 0 Å². The number of nitrogens with one attached hydrogen (secondary N) is 1. The number of benzene rings is 2. The molecule has 4 atom stereocenters. The summed E-state index contributed by atoms with van der Waals surface area (Å²) in [4.78, 5) is 45.0. The number of hydrogen-bond donors (Lipinski definition) is 1. The third-order valence-electron chi connectivity index (χ3n) is 12.4. The van der Waals surface area contributed by atoms with Gasteiger partial charge in [0.2, 0.25) is 11.8 Å². The molecule has 4 fully saturated rings. The molecule has 12 heteroatoms. The lowest BCUT2D eigenvalue weighted by molar-refractivity contribution is -0.142. The minimum Gasteiger partial charge on any atom is -0.497 e. The zero-order valence-electron chi connectivity index (χ0n) is 29.4.